The van der Waals surface area contributed by atoms with Gasteiger partial charge in [0, 0.05) is 18.0 Å². The van der Waals surface area contributed by atoms with Crippen molar-refractivity contribution < 1.29 is 9.53 Å². The summed E-state index contributed by atoms with van der Waals surface area (Å²) in [5, 5.41) is 0.467. The molecule has 1 heterocycles. The molecule has 19 heavy (non-hydrogen) atoms. The Balaban J connectivity index is 2.35. The number of ether oxygens (including phenoxy) is 1. The van der Waals surface area contributed by atoms with Crippen molar-refractivity contribution in [2.75, 3.05) is 6.61 Å². The average molecular weight is 278 g/mol. The first-order chi connectivity index (χ1) is 9.11. The second-order valence-electron chi connectivity index (χ2n) is 3.82. The number of carbonyl (C=O) groups excluding carboxylic acids is 1. The molecule has 0 aliphatic rings. The molecule has 1 aromatic carbocycles. The van der Waals surface area contributed by atoms with E-state index in [-0.39, 0.29) is 11.5 Å². The van der Waals surface area contributed by atoms with Crippen LogP contribution in [0.15, 0.2) is 47.4 Å². The molecule has 4 nitrogen and oxygen atoms in total. The molecule has 0 bridgehead atoms. The van der Waals surface area contributed by atoms with Gasteiger partial charge < -0.3 is 4.74 Å². The van der Waals surface area contributed by atoms with E-state index in [9.17, 15) is 9.59 Å². The van der Waals surface area contributed by atoms with E-state index in [0.29, 0.717) is 22.9 Å². The molecule has 0 fully saturated rings. The summed E-state index contributed by atoms with van der Waals surface area (Å²) >= 11 is 5.86. The van der Waals surface area contributed by atoms with Gasteiger partial charge in [-0.05, 0) is 37.3 Å². The minimum absolute atomic E-state index is 0.187. The summed E-state index contributed by atoms with van der Waals surface area (Å²) in [6.45, 7) is 2.08. The molecule has 1 aromatic heterocycles. The van der Waals surface area contributed by atoms with Crippen LogP contribution in [0.2, 0.25) is 5.02 Å². The minimum atomic E-state index is -0.382. The van der Waals surface area contributed by atoms with Crippen LogP contribution in [-0.2, 0) is 4.74 Å². The fourth-order valence-electron chi connectivity index (χ4n) is 1.64. The van der Waals surface area contributed by atoms with Crippen molar-refractivity contribution in [3.05, 3.63) is 63.5 Å². The maximum absolute atomic E-state index is 11.7. The number of rotatable bonds is 3. The van der Waals surface area contributed by atoms with E-state index in [0.717, 1.165) is 0 Å². The third-order valence-corrected chi connectivity index (χ3v) is 2.76. The number of esters is 1. The molecular formula is C14H12ClNO3. The number of halogens is 1. The first-order valence-corrected chi connectivity index (χ1v) is 6.15. The summed E-state index contributed by atoms with van der Waals surface area (Å²) in [6.07, 6.45) is 1.53. The maximum Gasteiger partial charge on any atom is 0.338 e. The number of hydrogen-bond donors (Lipinski definition) is 0. The van der Waals surface area contributed by atoms with Gasteiger partial charge in [0.15, 0.2) is 0 Å². The molecule has 0 spiro atoms. The fraction of sp³-hybridized carbons (Fsp3) is 0.143. The van der Waals surface area contributed by atoms with E-state index in [4.69, 9.17) is 16.3 Å². The number of pyridine rings is 1. The summed E-state index contributed by atoms with van der Waals surface area (Å²) < 4.78 is 6.30. The zero-order chi connectivity index (χ0) is 13.8. The SMILES string of the molecule is CCOC(=O)c1ccc(-n2cc(Cl)ccc2=O)cc1. The average Bonchev–Trinajstić information content (AvgIpc) is 2.42. The van der Waals surface area contributed by atoms with Crippen LogP contribution in [0.5, 0.6) is 0 Å². The van der Waals surface area contributed by atoms with Crippen molar-refractivity contribution in [1.29, 1.82) is 0 Å². The Hall–Kier alpha value is -2.07. The van der Waals surface area contributed by atoms with E-state index in [1.54, 1.807) is 31.2 Å². The lowest BCUT2D eigenvalue weighted by Gasteiger charge is -2.07. The molecular weight excluding hydrogens is 266 g/mol. The molecule has 0 aliphatic carbocycles. The third kappa shape index (κ3) is 3.03. The molecule has 0 saturated heterocycles. The highest BCUT2D eigenvalue weighted by molar-refractivity contribution is 6.30. The van der Waals surface area contributed by atoms with Crippen molar-refractivity contribution in [1.82, 2.24) is 4.57 Å². The number of hydrogen-bond acceptors (Lipinski definition) is 3. The van der Waals surface area contributed by atoms with Crippen molar-refractivity contribution >= 4 is 17.6 Å². The first-order valence-electron chi connectivity index (χ1n) is 5.77. The Bertz CT molecular complexity index is 646. The molecule has 2 aromatic rings. The van der Waals surface area contributed by atoms with Crippen molar-refractivity contribution in [2.24, 2.45) is 0 Å². The lowest BCUT2D eigenvalue weighted by Crippen LogP contribution is -2.16. The highest BCUT2D eigenvalue weighted by Gasteiger charge is 2.07. The van der Waals surface area contributed by atoms with Crippen LogP contribution in [0.25, 0.3) is 5.69 Å². The van der Waals surface area contributed by atoms with Crippen LogP contribution >= 0.6 is 11.6 Å². The van der Waals surface area contributed by atoms with Crippen LogP contribution in [0.4, 0.5) is 0 Å². The van der Waals surface area contributed by atoms with Gasteiger partial charge in [0.25, 0.3) is 5.56 Å². The zero-order valence-corrected chi connectivity index (χ0v) is 11.1. The van der Waals surface area contributed by atoms with Crippen LogP contribution in [-0.4, -0.2) is 17.1 Å². The molecule has 0 N–H and O–H groups in total. The molecule has 0 radical (unpaired) electrons. The largest absolute Gasteiger partial charge is 0.462 e. The highest BCUT2D eigenvalue weighted by atomic mass is 35.5. The van der Waals surface area contributed by atoms with Crippen LogP contribution in [0.1, 0.15) is 17.3 Å². The maximum atomic E-state index is 11.7. The van der Waals surface area contributed by atoms with Gasteiger partial charge in [-0.1, -0.05) is 11.6 Å². The second-order valence-corrected chi connectivity index (χ2v) is 4.26. The molecule has 0 unspecified atom stereocenters. The summed E-state index contributed by atoms with van der Waals surface area (Å²) in [4.78, 5) is 23.2. The summed E-state index contributed by atoms with van der Waals surface area (Å²) in [5.74, 6) is -0.382. The van der Waals surface area contributed by atoms with E-state index >= 15 is 0 Å². The smallest absolute Gasteiger partial charge is 0.338 e. The Morgan fingerprint density at radius 3 is 2.53 bits per heavy atom. The van der Waals surface area contributed by atoms with E-state index < -0.39 is 0 Å². The predicted octanol–water partition coefficient (Wildman–Crippen LogP) is 2.67. The van der Waals surface area contributed by atoms with Gasteiger partial charge in [-0.15, -0.1) is 0 Å². The lowest BCUT2D eigenvalue weighted by atomic mass is 10.2. The third-order valence-electron chi connectivity index (χ3n) is 2.53. The molecule has 0 amide bonds. The van der Waals surface area contributed by atoms with Crippen molar-refractivity contribution in [3.8, 4) is 5.69 Å². The molecule has 2 rings (SSSR count). The summed E-state index contributed by atoms with van der Waals surface area (Å²) in [7, 11) is 0. The van der Waals surface area contributed by atoms with Gasteiger partial charge in [-0.25, -0.2) is 4.79 Å². The van der Waals surface area contributed by atoms with Crippen LogP contribution < -0.4 is 5.56 Å². The quantitative estimate of drug-likeness (QED) is 0.811. The number of nitrogens with zero attached hydrogens (tertiary/aromatic N) is 1. The summed E-state index contributed by atoms with van der Waals surface area (Å²) in [5.41, 5.74) is 0.898. The minimum Gasteiger partial charge on any atom is -0.462 e. The van der Waals surface area contributed by atoms with Gasteiger partial charge in [0.2, 0.25) is 0 Å². The first kappa shape index (κ1) is 13.4. The van der Waals surface area contributed by atoms with Gasteiger partial charge in [-0.3, -0.25) is 9.36 Å². The summed E-state index contributed by atoms with van der Waals surface area (Å²) in [6, 6.07) is 9.49. The van der Waals surface area contributed by atoms with E-state index in [1.165, 1.54) is 22.9 Å². The normalized spacial score (nSPS) is 10.2. The lowest BCUT2D eigenvalue weighted by molar-refractivity contribution is 0.0526. The van der Waals surface area contributed by atoms with Gasteiger partial charge in [0.05, 0.1) is 17.2 Å². The monoisotopic (exact) mass is 277 g/mol. The molecule has 0 atom stereocenters. The van der Waals surface area contributed by atoms with Gasteiger partial charge in [-0.2, -0.15) is 0 Å². The van der Waals surface area contributed by atoms with Gasteiger partial charge in [0.1, 0.15) is 0 Å². The number of carbonyl (C=O) groups is 1. The number of aromatic nitrogens is 1. The number of benzene rings is 1. The highest BCUT2D eigenvalue weighted by Crippen LogP contribution is 2.11. The Kier molecular flexibility index (Phi) is 4.02. The zero-order valence-electron chi connectivity index (χ0n) is 10.3. The molecule has 0 saturated carbocycles. The fourth-order valence-corrected chi connectivity index (χ4v) is 1.80. The van der Waals surface area contributed by atoms with Crippen LogP contribution in [0.3, 0.4) is 0 Å². The molecule has 0 aliphatic heterocycles. The Morgan fingerprint density at radius 1 is 1.21 bits per heavy atom. The van der Waals surface area contributed by atoms with Crippen LogP contribution in [0, 0.1) is 0 Å². The van der Waals surface area contributed by atoms with Gasteiger partial charge >= 0.3 is 5.97 Å². The van der Waals surface area contributed by atoms with E-state index in [2.05, 4.69) is 0 Å². The standard InChI is InChI=1S/C14H12ClNO3/c1-2-19-14(18)10-3-6-12(7-4-10)16-9-11(15)5-8-13(16)17/h3-9H,2H2,1H3. The van der Waals surface area contributed by atoms with Crippen molar-refractivity contribution in [3.63, 3.8) is 0 Å². The second kappa shape index (κ2) is 5.71. The molecule has 98 valence electrons. The van der Waals surface area contributed by atoms with Crippen molar-refractivity contribution in [2.45, 2.75) is 6.92 Å². The van der Waals surface area contributed by atoms with E-state index in [1.807, 2.05) is 0 Å². The Morgan fingerprint density at radius 2 is 1.89 bits per heavy atom. The molecule has 5 heteroatoms. The Labute approximate surface area is 115 Å². The predicted molar refractivity (Wildman–Crippen MR) is 73.0 cm³/mol. The topological polar surface area (TPSA) is 48.3 Å².